The molecule has 2 aromatic heterocycles. The number of hydrogen-bond donors (Lipinski definition) is 1. The predicted molar refractivity (Wildman–Crippen MR) is 112 cm³/mol. The van der Waals surface area contributed by atoms with Crippen molar-refractivity contribution in [2.75, 3.05) is 62.3 Å². The largest absolute Gasteiger partial charge is 0.378 e. The predicted octanol–water partition coefficient (Wildman–Crippen LogP) is 2.30. The van der Waals surface area contributed by atoms with Crippen molar-refractivity contribution in [2.24, 2.45) is 0 Å². The molecule has 2 aliphatic rings. The Labute approximate surface area is 168 Å². The van der Waals surface area contributed by atoms with E-state index in [0.717, 1.165) is 62.0 Å². The number of anilines is 2. The highest BCUT2D eigenvalue weighted by Gasteiger charge is 2.18. The first kappa shape index (κ1) is 17.7. The van der Waals surface area contributed by atoms with Gasteiger partial charge in [-0.2, -0.15) is 9.61 Å². The lowest BCUT2D eigenvalue weighted by Gasteiger charge is -2.29. The second-order valence-corrected chi connectivity index (χ2v) is 7.51. The molecule has 0 saturated carbocycles. The highest BCUT2D eigenvalue weighted by molar-refractivity contribution is 6.29. The molecule has 2 saturated heterocycles. The molecule has 8 heteroatoms. The maximum absolute atomic E-state index is 6.28. The monoisotopic (exact) mass is 398 g/mol. The van der Waals surface area contributed by atoms with Gasteiger partial charge in [-0.05, 0) is 12.1 Å². The normalized spacial score (nSPS) is 18.0. The first-order valence-electron chi connectivity index (χ1n) is 9.73. The lowest BCUT2D eigenvalue weighted by atomic mass is 10.1. The Morgan fingerprint density at radius 1 is 0.929 bits per heavy atom. The Hall–Kier alpha value is -2.35. The molecule has 0 aliphatic carbocycles. The Kier molecular flexibility index (Phi) is 4.80. The van der Waals surface area contributed by atoms with Crippen LogP contribution in [0.1, 0.15) is 0 Å². The van der Waals surface area contributed by atoms with E-state index in [1.807, 2.05) is 16.6 Å². The number of rotatable bonds is 3. The summed E-state index contributed by atoms with van der Waals surface area (Å²) in [4.78, 5) is 9.11. The number of fused-ring (bicyclic) bond motifs is 1. The van der Waals surface area contributed by atoms with Gasteiger partial charge >= 0.3 is 0 Å². The Morgan fingerprint density at radius 2 is 1.68 bits per heavy atom. The van der Waals surface area contributed by atoms with Crippen molar-refractivity contribution in [3.63, 3.8) is 0 Å². The van der Waals surface area contributed by atoms with Gasteiger partial charge in [0, 0.05) is 62.7 Å². The molecule has 0 amide bonds. The average Bonchev–Trinajstić information content (AvgIpc) is 3.18. The molecular formula is C20H23ClN6O. The average molecular weight is 399 g/mol. The second-order valence-electron chi connectivity index (χ2n) is 7.12. The fourth-order valence-electron chi connectivity index (χ4n) is 3.85. The summed E-state index contributed by atoms with van der Waals surface area (Å²) in [6.45, 7) is 7.22. The molecule has 2 aliphatic heterocycles. The molecule has 2 fully saturated rings. The summed E-state index contributed by atoms with van der Waals surface area (Å²) in [6.07, 6.45) is 0. The van der Waals surface area contributed by atoms with Crippen molar-refractivity contribution >= 4 is 28.8 Å². The summed E-state index contributed by atoms with van der Waals surface area (Å²) in [6, 6.07) is 12.5. The standard InChI is InChI=1S/C20H23ClN6O/c21-18-14-20(26-9-11-28-12-10-26)27-19(23-18)13-17(24-27)15-1-3-16(4-2-15)25-7-5-22-6-8-25/h1-4,13-14,22H,5-12H2. The zero-order chi connectivity index (χ0) is 18.9. The molecule has 0 spiro atoms. The SMILES string of the molecule is Clc1cc(N2CCOCC2)n2nc(-c3ccc(N4CCNCC4)cc3)cc2n1. The van der Waals surface area contributed by atoms with Crippen LogP contribution in [0.3, 0.4) is 0 Å². The summed E-state index contributed by atoms with van der Waals surface area (Å²) in [5, 5.41) is 8.70. The number of morpholine rings is 1. The third-order valence-electron chi connectivity index (χ3n) is 5.36. The number of piperazine rings is 1. The minimum atomic E-state index is 0.481. The van der Waals surface area contributed by atoms with E-state index >= 15 is 0 Å². The van der Waals surface area contributed by atoms with Crippen LogP contribution in [-0.4, -0.2) is 67.1 Å². The number of benzene rings is 1. The molecule has 1 N–H and O–H groups in total. The smallest absolute Gasteiger partial charge is 0.159 e. The van der Waals surface area contributed by atoms with Crippen molar-refractivity contribution in [1.29, 1.82) is 0 Å². The topological polar surface area (TPSA) is 57.9 Å². The van der Waals surface area contributed by atoms with E-state index < -0.39 is 0 Å². The van der Waals surface area contributed by atoms with Crippen molar-refractivity contribution in [2.45, 2.75) is 0 Å². The van der Waals surface area contributed by atoms with Crippen LogP contribution in [0.25, 0.3) is 16.9 Å². The Balaban J connectivity index is 1.47. The van der Waals surface area contributed by atoms with Gasteiger partial charge in [0.15, 0.2) is 5.65 Å². The molecule has 7 nitrogen and oxygen atoms in total. The second kappa shape index (κ2) is 7.58. The zero-order valence-electron chi connectivity index (χ0n) is 15.6. The molecule has 0 bridgehead atoms. The molecule has 1 aromatic carbocycles. The number of halogens is 1. The molecule has 3 aromatic rings. The molecule has 146 valence electrons. The van der Waals surface area contributed by atoms with Gasteiger partial charge < -0.3 is 19.9 Å². The van der Waals surface area contributed by atoms with Gasteiger partial charge in [0.1, 0.15) is 11.0 Å². The van der Waals surface area contributed by atoms with E-state index in [0.29, 0.717) is 18.4 Å². The summed E-state index contributed by atoms with van der Waals surface area (Å²) in [5.74, 6) is 0.960. The van der Waals surface area contributed by atoms with Crippen molar-refractivity contribution in [3.8, 4) is 11.3 Å². The summed E-state index contributed by atoms with van der Waals surface area (Å²) >= 11 is 6.28. The van der Waals surface area contributed by atoms with Crippen LogP contribution >= 0.6 is 11.6 Å². The maximum Gasteiger partial charge on any atom is 0.159 e. The first-order valence-corrected chi connectivity index (χ1v) is 10.1. The highest BCUT2D eigenvalue weighted by atomic mass is 35.5. The van der Waals surface area contributed by atoms with Crippen molar-refractivity contribution in [3.05, 3.63) is 41.6 Å². The minimum absolute atomic E-state index is 0.481. The lowest BCUT2D eigenvalue weighted by molar-refractivity contribution is 0.122. The molecule has 0 unspecified atom stereocenters. The van der Waals surface area contributed by atoms with E-state index in [1.54, 1.807) is 0 Å². The fraction of sp³-hybridized carbons (Fsp3) is 0.400. The van der Waals surface area contributed by atoms with Gasteiger partial charge in [-0.1, -0.05) is 23.7 Å². The van der Waals surface area contributed by atoms with Crippen LogP contribution < -0.4 is 15.1 Å². The Morgan fingerprint density at radius 3 is 2.43 bits per heavy atom. The first-order chi connectivity index (χ1) is 13.8. The van der Waals surface area contributed by atoms with Crippen molar-refractivity contribution < 1.29 is 4.74 Å². The van der Waals surface area contributed by atoms with E-state index in [4.69, 9.17) is 21.4 Å². The quantitative estimate of drug-likeness (QED) is 0.683. The molecule has 5 rings (SSSR count). The maximum atomic E-state index is 6.28. The van der Waals surface area contributed by atoms with E-state index in [9.17, 15) is 0 Å². The van der Waals surface area contributed by atoms with Gasteiger partial charge in [0.05, 0.1) is 18.9 Å². The number of ether oxygens (including phenoxy) is 1. The molecule has 4 heterocycles. The fourth-order valence-corrected chi connectivity index (χ4v) is 4.04. The number of aromatic nitrogens is 3. The number of hydrogen-bond acceptors (Lipinski definition) is 6. The number of nitrogens with one attached hydrogen (secondary N) is 1. The third kappa shape index (κ3) is 3.41. The summed E-state index contributed by atoms with van der Waals surface area (Å²) < 4.78 is 7.36. The van der Waals surface area contributed by atoms with Crippen LogP contribution in [-0.2, 0) is 4.74 Å². The van der Waals surface area contributed by atoms with E-state index in [1.165, 1.54) is 5.69 Å². The lowest BCUT2D eigenvalue weighted by Crippen LogP contribution is -2.43. The van der Waals surface area contributed by atoms with Gasteiger partial charge in [0.2, 0.25) is 0 Å². The zero-order valence-corrected chi connectivity index (χ0v) is 16.4. The third-order valence-corrected chi connectivity index (χ3v) is 5.55. The van der Waals surface area contributed by atoms with Crippen LogP contribution in [0.15, 0.2) is 36.4 Å². The van der Waals surface area contributed by atoms with Crippen LogP contribution in [0.5, 0.6) is 0 Å². The molecule has 0 radical (unpaired) electrons. The molecule has 28 heavy (non-hydrogen) atoms. The van der Waals surface area contributed by atoms with E-state index in [-0.39, 0.29) is 0 Å². The molecule has 0 atom stereocenters. The van der Waals surface area contributed by atoms with Gasteiger partial charge in [0.25, 0.3) is 0 Å². The van der Waals surface area contributed by atoms with Gasteiger partial charge in [-0.25, -0.2) is 4.98 Å². The minimum Gasteiger partial charge on any atom is -0.378 e. The molecular weight excluding hydrogens is 376 g/mol. The summed E-state index contributed by atoms with van der Waals surface area (Å²) in [5.41, 5.74) is 3.99. The van der Waals surface area contributed by atoms with E-state index in [2.05, 4.69) is 44.4 Å². The van der Waals surface area contributed by atoms with Crippen molar-refractivity contribution in [1.82, 2.24) is 19.9 Å². The highest BCUT2D eigenvalue weighted by Crippen LogP contribution is 2.27. The van der Waals surface area contributed by atoms with Gasteiger partial charge in [-0.3, -0.25) is 0 Å². The van der Waals surface area contributed by atoms with Crippen LogP contribution in [0.4, 0.5) is 11.5 Å². The van der Waals surface area contributed by atoms with Gasteiger partial charge in [-0.15, -0.1) is 0 Å². The van der Waals surface area contributed by atoms with Crippen LogP contribution in [0, 0.1) is 0 Å². The summed E-state index contributed by atoms with van der Waals surface area (Å²) in [7, 11) is 0. The number of nitrogens with zero attached hydrogens (tertiary/aromatic N) is 5. The van der Waals surface area contributed by atoms with Crippen LogP contribution in [0.2, 0.25) is 5.15 Å². The Bertz CT molecular complexity index is 961.